The third-order valence-corrected chi connectivity index (χ3v) is 2.89. The van der Waals surface area contributed by atoms with E-state index in [1.165, 1.54) is 6.92 Å². The van der Waals surface area contributed by atoms with Crippen molar-refractivity contribution in [1.29, 1.82) is 0 Å². The van der Waals surface area contributed by atoms with E-state index in [1.54, 1.807) is 0 Å². The normalized spacial score (nSPS) is 31.8. The minimum Gasteiger partial charge on any atom is -0.394 e. The van der Waals surface area contributed by atoms with Gasteiger partial charge in [0.1, 0.15) is 12.2 Å². The van der Waals surface area contributed by atoms with Gasteiger partial charge >= 0.3 is 5.69 Å². The van der Waals surface area contributed by atoms with Crippen LogP contribution < -0.4 is 11.2 Å². The van der Waals surface area contributed by atoms with Crippen LogP contribution >= 0.6 is 0 Å². The highest BCUT2D eigenvalue weighted by Crippen LogP contribution is 2.30. The van der Waals surface area contributed by atoms with E-state index < -0.39 is 42.5 Å². The number of aliphatic hydroxyl groups excluding tert-OH is 2. The molecule has 7 nitrogen and oxygen atoms in total. The van der Waals surface area contributed by atoms with E-state index in [0.717, 1.165) is 10.8 Å². The van der Waals surface area contributed by atoms with Gasteiger partial charge in [-0.05, 0) is 6.92 Å². The van der Waals surface area contributed by atoms with Crippen LogP contribution in [-0.2, 0) is 4.74 Å². The maximum absolute atomic E-state index is 13.8. The lowest BCUT2D eigenvalue weighted by Gasteiger charge is -2.15. The fraction of sp³-hybridized carbons (Fsp3) is 0.600. The van der Waals surface area contributed by atoms with Crippen LogP contribution in [0.25, 0.3) is 0 Å². The molecule has 0 amide bonds. The van der Waals surface area contributed by atoms with E-state index in [0.29, 0.717) is 0 Å². The number of rotatable bonds is 2. The molecule has 0 aromatic carbocycles. The Morgan fingerprint density at radius 1 is 1.56 bits per heavy atom. The second-order valence-electron chi connectivity index (χ2n) is 4.16. The Balaban J connectivity index is 2.42. The van der Waals surface area contributed by atoms with Crippen molar-refractivity contribution in [2.45, 2.75) is 31.5 Å². The molecule has 1 saturated heterocycles. The number of aromatic nitrogens is 2. The predicted octanol–water partition coefficient (Wildman–Crippen LogP) is -1.57. The van der Waals surface area contributed by atoms with Crippen LogP contribution in [0.1, 0.15) is 11.8 Å². The third-order valence-electron chi connectivity index (χ3n) is 2.89. The first kappa shape index (κ1) is 12.9. The zero-order chi connectivity index (χ0) is 13.4. The van der Waals surface area contributed by atoms with Crippen molar-refractivity contribution in [2.24, 2.45) is 0 Å². The lowest BCUT2D eigenvalue weighted by atomic mass is 10.1. The number of hydrogen-bond acceptors (Lipinski definition) is 5. The molecule has 0 saturated carbocycles. The largest absolute Gasteiger partial charge is 0.394 e. The summed E-state index contributed by atoms with van der Waals surface area (Å²) in [5, 5.41) is 18.3. The van der Waals surface area contributed by atoms with E-state index in [9.17, 15) is 19.1 Å². The van der Waals surface area contributed by atoms with Crippen molar-refractivity contribution in [3.05, 3.63) is 32.6 Å². The van der Waals surface area contributed by atoms with Gasteiger partial charge in [0.25, 0.3) is 5.56 Å². The molecule has 2 heterocycles. The van der Waals surface area contributed by atoms with Gasteiger partial charge in [0, 0.05) is 11.8 Å². The molecule has 100 valence electrons. The number of hydrogen-bond donors (Lipinski definition) is 3. The van der Waals surface area contributed by atoms with Crippen molar-refractivity contribution in [1.82, 2.24) is 9.55 Å². The number of aromatic amines is 1. The van der Waals surface area contributed by atoms with Crippen LogP contribution in [0, 0.1) is 6.92 Å². The second kappa shape index (κ2) is 4.63. The predicted molar refractivity (Wildman–Crippen MR) is 58.0 cm³/mol. The summed E-state index contributed by atoms with van der Waals surface area (Å²) in [4.78, 5) is 24.7. The smallest absolute Gasteiger partial charge is 0.330 e. The van der Waals surface area contributed by atoms with Gasteiger partial charge in [0.15, 0.2) is 12.4 Å². The number of nitrogens with one attached hydrogen (secondary N) is 1. The van der Waals surface area contributed by atoms with Gasteiger partial charge in [-0.2, -0.15) is 0 Å². The fourth-order valence-corrected chi connectivity index (χ4v) is 1.85. The number of alkyl halides is 1. The summed E-state index contributed by atoms with van der Waals surface area (Å²) in [6, 6.07) is 0. The molecule has 0 aliphatic carbocycles. The maximum atomic E-state index is 13.8. The maximum Gasteiger partial charge on any atom is 0.330 e. The quantitative estimate of drug-likeness (QED) is 0.596. The molecule has 1 unspecified atom stereocenters. The Kier molecular flexibility index (Phi) is 3.33. The molecule has 0 spiro atoms. The van der Waals surface area contributed by atoms with Gasteiger partial charge in [-0.3, -0.25) is 14.3 Å². The van der Waals surface area contributed by atoms with Crippen LogP contribution in [0.3, 0.4) is 0 Å². The lowest BCUT2D eigenvalue weighted by Crippen LogP contribution is -2.36. The van der Waals surface area contributed by atoms with E-state index in [2.05, 4.69) is 0 Å². The molecule has 4 atom stereocenters. The van der Waals surface area contributed by atoms with Crippen LogP contribution in [0.5, 0.6) is 0 Å². The summed E-state index contributed by atoms with van der Waals surface area (Å²) in [6.07, 6.45) is -4.67. The standard InChI is InChI=1S/C10H13FN2O5/c1-4-2-13(10(17)12-8(4)16)9-6(11)7(15)5(3-14)18-9/h2,5-7,9,14-15H,3H2,1H3,(H,12,16,17)/t5-,6-,7?,9-/m1/s1. The molecule has 18 heavy (non-hydrogen) atoms. The molecule has 0 bridgehead atoms. The highest BCUT2D eigenvalue weighted by Gasteiger charge is 2.45. The molecule has 3 N–H and O–H groups in total. The average molecular weight is 260 g/mol. The van der Waals surface area contributed by atoms with E-state index in [-0.39, 0.29) is 5.56 Å². The molecular weight excluding hydrogens is 247 g/mol. The van der Waals surface area contributed by atoms with Crippen LogP contribution in [0.4, 0.5) is 4.39 Å². The molecule has 1 aromatic heterocycles. The van der Waals surface area contributed by atoms with E-state index in [4.69, 9.17) is 9.84 Å². The Hall–Kier alpha value is -1.51. The molecule has 1 aromatic rings. The minimum atomic E-state index is -1.86. The highest BCUT2D eigenvalue weighted by atomic mass is 19.1. The van der Waals surface area contributed by atoms with Gasteiger partial charge in [0.2, 0.25) is 0 Å². The topological polar surface area (TPSA) is 105 Å². The zero-order valence-electron chi connectivity index (χ0n) is 9.54. The zero-order valence-corrected chi connectivity index (χ0v) is 9.54. The molecule has 1 fully saturated rings. The summed E-state index contributed by atoms with van der Waals surface area (Å²) >= 11 is 0. The third kappa shape index (κ3) is 1.98. The van der Waals surface area contributed by atoms with E-state index in [1.807, 2.05) is 4.98 Å². The Morgan fingerprint density at radius 2 is 2.22 bits per heavy atom. The van der Waals surface area contributed by atoms with Gasteiger partial charge in [-0.1, -0.05) is 0 Å². The number of H-pyrrole nitrogens is 1. The SMILES string of the molecule is Cc1cn([C@@H]2O[C@H](CO)C(O)[C@H]2F)c(=O)[nH]c1=O. The Morgan fingerprint density at radius 3 is 2.78 bits per heavy atom. The fourth-order valence-electron chi connectivity index (χ4n) is 1.85. The van der Waals surface area contributed by atoms with Crippen LogP contribution in [-0.4, -0.2) is 44.8 Å². The van der Waals surface area contributed by atoms with Gasteiger partial charge in [-0.15, -0.1) is 0 Å². The van der Waals surface area contributed by atoms with Crippen molar-refractivity contribution < 1.29 is 19.3 Å². The van der Waals surface area contributed by atoms with Crippen LogP contribution in [0.2, 0.25) is 0 Å². The number of nitrogens with zero attached hydrogens (tertiary/aromatic N) is 1. The van der Waals surface area contributed by atoms with Crippen molar-refractivity contribution >= 4 is 0 Å². The molecule has 2 rings (SSSR count). The summed E-state index contributed by atoms with van der Waals surface area (Å²) in [5.74, 6) is 0. The Bertz CT molecular complexity index is 554. The second-order valence-corrected chi connectivity index (χ2v) is 4.16. The molecule has 8 heteroatoms. The monoisotopic (exact) mass is 260 g/mol. The minimum absolute atomic E-state index is 0.215. The summed E-state index contributed by atoms with van der Waals surface area (Å²) < 4.78 is 19.7. The molecule has 1 aliphatic heterocycles. The highest BCUT2D eigenvalue weighted by molar-refractivity contribution is 5.03. The van der Waals surface area contributed by atoms with Gasteiger partial charge < -0.3 is 14.9 Å². The van der Waals surface area contributed by atoms with Crippen molar-refractivity contribution in [2.75, 3.05) is 6.61 Å². The number of halogens is 1. The lowest BCUT2D eigenvalue weighted by molar-refractivity contribution is -0.0492. The summed E-state index contributed by atoms with van der Waals surface area (Å²) in [7, 11) is 0. The first-order valence-corrected chi connectivity index (χ1v) is 5.36. The summed E-state index contributed by atoms with van der Waals surface area (Å²) in [5.41, 5.74) is -1.18. The first-order chi connectivity index (χ1) is 8.45. The van der Waals surface area contributed by atoms with Crippen molar-refractivity contribution in [3.63, 3.8) is 0 Å². The first-order valence-electron chi connectivity index (χ1n) is 5.36. The molecular formula is C10H13FN2O5. The van der Waals surface area contributed by atoms with Crippen molar-refractivity contribution in [3.8, 4) is 0 Å². The Labute approximate surface area is 100 Å². The van der Waals surface area contributed by atoms with Gasteiger partial charge in [0.05, 0.1) is 6.61 Å². The molecule has 1 aliphatic rings. The van der Waals surface area contributed by atoms with E-state index >= 15 is 0 Å². The number of aryl methyl sites for hydroxylation is 1. The molecule has 0 radical (unpaired) electrons. The summed E-state index contributed by atoms with van der Waals surface area (Å²) in [6.45, 7) is 0.895. The number of aliphatic hydroxyl groups is 2. The number of ether oxygens (including phenoxy) is 1. The average Bonchev–Trinajstić information content (AvgIpc) is 2.61. The van der Waals surface area contributed by atoms with Gasteiger partial charge in [-0.25, -0.2) is 9.18 Å². The van der Waals surface area contributed by atoms with Crippen LogP contribution in [0.15, 0.2) is 15.8 Å².